The third kappa shape index (κ3) is 9.94. The van der Waals surface area contributed by atoms with Crippen LogP contribution in [0.3, 0.4) is 0 Å². The Bertz CT molecular complexity index is 380. The van der Waals surface area contributed by atoms with Crippen molar-refractivity contribution in [3.05, 3.63) is 36.1 Å². The van der Waals surface area contributed by atoms with Gasteiger partial charge in [0.05, 0.1) is 0 Å². The molecule has 1 fully saturated rings. The molecular weight excluding hydrogens is 264 g/mol. The van der Waals surface area contributed by atoms with Gasteiger partial charge in [0.1, 0.15) is 5.76 Å². The topological polar surface area (TPSA) is 49.8 Å². The van der Waals surface area contributed by atoms with E-state index in [1.54, 1.807) is 0 Å². The molecule has 21 heavy (non-hydrogen) atoms. The number of allylic oxidation sites excluding steroid dienone is 5. The smallest absolute Gasteiger partial charge is 0.303 e. The second-order valence-electron chi connectivity index (χ2n) is 5.42. The molecule has 0 amide bonds. The standard InChI is InChI=1S/C18H28O3/c1-2-3-4-5-7-10-13-16-17(21-16)14-11-8-6-9-12-15-18(19)20/h3-4,7,10,13,17H,2,5-6,8-9,11-12,14-15H2,1H3,(H,19,20). The molecule has 1 heterocycles. The predicted octanol–water partition coefficient (Wildman–Crippen LogP) is 5.00. The molecule has 0 bridgehead atoms. The van der Waals surface area contributed by atoms with E-state index in [4.69, 9.17) is 9.84 Å². The number of carboxylic acids is 1. The number of carboxylic acid groups (broad SMARTS) is 1. The van der Waals surface area contributed by atoms with Crippen molar-refractivity contribution in [1.82, 2.24) is 0 Å². The van der Waals surface area contributed by atoms with E-state index in [1.807, 2.05) is 0 Å². The highest BCUT2D eigenvalue weighted by atomic mass is 16.6. The molecular formula is C18H28O3. The van der Waals surface area contributed by atoms with Crippen LogP contribution in [0.25, 0.3) is 0 Å². The zero-order valence-corrected chi connectivity index (χ0v) is 13.1. The van der Waals surface area contributed by atoms with E-state index in [9.17, 15) is 4.79 Å². The number of epoxide rings is 1. The minimum absolute atomic E-state index is 0.304. The fourth-order valence-electron chi connectivity index (χ4n) is 2.20. The van der Waals surface area contributed by atoms with Gasteiger partial charge in [-0.15, -0.1) is 0 Å². The van der Waals surface area contributed by atoms with Crippen molar-refractivity contribution in [1.29, 1.82) is 0 Å². The lowest BCUT2D eigenvalue weighted by Crippen LogP contribution is -1.93. The number of hydrogen-bond acceptors (Lipinski definition) is 2. The van der Waals surface area contributed by atoms with Gasteiger partial charge in [-0.3, -0.25) is 4.79 Å². The quantitative estimate of drug-likeness (QED) is 0.313. The van der Waals surface area contributed by atoms with Gasteiger partial charge in [0, 0.05) is 6.42 Å². The van der Waals surface area contributed by atoms with Crippen LogP contribution < -0.4 is 0 Å². The second-order valence-corrected chi connectivity index (χ2v) is 5.42. The lowest BCUT2D eigenvalue weighted by Gasteiger charge is -1.98. The summed E-state index contributed by atoms with van der Waals surface area (Å²) in [5, 5.41) is 8.53. The molecule has 1 aliphatic heterocycles. The molecule has 0 radical (unpaired) electrons. The maximum absolute atomic E-state index is 10.3. The molecule has 0 aliphatic carbocycles. The van der Waals surface area contributed by atoms with Crippen LogP contribution in [-0.2, 0) is 9.53 Å². The highest BCUT2D eigenvalue weighted by Gasteiger charge is 2.30. The molecule has 0 aromatic heterocycles. The van der Waals surface area contributed by atoms with Crippen LogP contribution in [0.4, 0.5) is 0 Å². The first-order chi connectivity index (χ1) is 10.2. The maximum atomic E-state index is 10.3. The van der Waals surface area contributed by atoms with E-state index in [0.717, 1.165) is 50.7 Å². The summed E-state index contributed by atoms with van der Waals surface area (Å²) in [6.45, 7) is 2.14. The van der Waals surface area contributed by atoms with Crippen LogP contribution in [0, 0.1) is 0 Å². The first-order valence-corrected chi connectivity index (χ1v) is 8.14. The fraction of sp³-hybridized carbons (Fsp3) is 0.611. The van der Waals surface area contributed by atoms with Crippen LogP contribution in [0.1, 0.15) is 64.7 Å². The van der Waals surface area contributed by atoms with Gasteiger partial charge in [-0.1, -0.05) is 50.5 Å². The molecule has 1 unspecified atom stereocenters. The Morgan fingerprint density at radius 2 is 1.90 bits per heavy atom. The third-order valence-electron chi connectivity index (χ3n) is 3.47. The summed E-state index contributed by atoms with van der Waals surface area (Å²) in [5.41, 5.74) is 0. The van der Waals surface area contributed by atoms with E-state index in [-0.39, 0.29) is 0 Å². The number of ether oxygens (including phenoxy) is 1. The van der Waals surface area contributed by atoms with Gasteiger partial charge in [0.2, 0.25) is 0 Å². The lowest BCUT2D eigenvalue weighted by atomic mass is 10.1. The second kappa shape index (κ2) is 11.2. The third-order valence-corrected chi connectivity index (χ3v) is 3.47. The molecule has 1 atom stereocenters. The lowest BCUT2D eigenvalue weighted by molar-refractivity contribution is -0.137. The average Bonchev–Trinajstić information content (AvgIpc) is 3.20. The molecule has 0 aromatic rings. The molecule has 1 rings (SSSR count). The zero-order valence-electron chi connectivity index (χ0n) is 13.1. The Morgan fingerprint density at radius 1 is 1.14 bits per heavy atom. The van der Waals surface area contributed by atoms with Crippen molar-refractivity contribution in [3.63, 3.8) is 0 Å². The van der Waals surface area contributed by atoms with Crippen molar-refractivity contribution < 1.29 is 14.6 Å². The molecule has 1 saturated heterocycles. The predicted molar refractivity (Wildman–Crippen MR) is 86.1 cm³/mol. The highest BCUT2D eigenvalue weighted by molar-refractivity contribution is 5.66. The Morgan fingerprint density at radius 3 is 2.67 bits per heavy atom. The largest absolute Gasteiger partial charge is 0.483 e. The first-order valence-electron chi connectivity index (χ1n) is 8.14. The summed E-state index contributed by atoms with van der Waals surface area (Å²) in [6, 6.07) is 0. The van der Waals surface area contributed by atoms with Gasteiger partial charge in [-0.25, -0.2) is 0 Å². The average molecular weight is 292 g/mol. The maximum Gasteiger partial charge on any atom is 0.303 e. The van der Waals surface area contributed by atoms with Gasteiger partial charge in [0.15, 0.2) is 6.10 Å². The summed E-state index contributed by atoms with van der Waals surface area (Å²) in [7, 11) is 0. The van der Waals surface area contributed by atoms with Crippen molar-refractivity contribution in [2.24, 2.45) is 0 Å². The number of aliphatic carboxylic acids is 1. The highest BCUT2D eigenvalue weighted by Crippen LogP contribution is 2.31. The van der Waals surface area contributed by atoms with Crippen molar-refractivity contribution >= 4 is 5.97 Å². The van der Waals surface area contributed by atoms with Gasteiger partial charge in [-0.05, 0) is 38.2 Å². The van der Waals surface area contributed by atoms with Crippen molar-refractivity contribution in [2.45, 2.75) is 70.8 Å². The van der Waals surface area contributed by atoms with Gasteiger partial charge in [-0.2, -0.15) is 0 Å². The Kier molecular flexibility index (Phi) is 9.34. The van der Waals surface area contributed by atoms with E-state index >= 15 is 0 Å². The van der Waals surface area contributed by atoms with Crippen LogP contribution in [0.15, 0.2) is 36.1 Å². The molecule has 0 spiro atoms. The summed E-state index contributed by atoms with van der Waals surface area (Å²) < 4.78 is 5.52. The minimum Gasteiger partial charge on any atom is -0.483 e. The van der Waals surface area contributed by atoms with E-state index in [1.165, 1.54) is 6.42 Å². The molecule has 1 N–H and O–H groups in total. The van der Waals surface area contributed by atoms with E-state index in [0.29, 0.717) is 12.5 Å². The molecule has 3 nitrogen and oxygen atoms in total. The first kappa shape index (κ1) is 17.5. The van der Waals surface area contributed by atoms with E-state index < -0.39 is 5.97 Å². The minimum atomic E-state index is -0.686. The Hall–Kier alpha value is -1.51. The van der Waals surface area contributed by atoms with Crippen LogP contribution in [-0.4, -0.2) is 17.2 Å². The van der Waals surface area contributed by atoms with Gasteiger partial charge in [0.25, 0.3) is 0 Å². The summed E-state index contributed by atoms with van der Waals surface area (Å²) in [5.74, 6) is 0.422. The van der Waals surface area contributed by atoms with Crippen LogP contribution in [0.5, 0.6) is 0 Å². The SMILES string of the molecule is CCC=CCC=CC=C1OC1CCCCCCCC(=O)O. The molecule has 0 aromatic carbocycles. The monoisotopic (exact) mass is 292 g/mol. The van der Waals surface area contributed by atoms with Gasteiger partial charge >= 0.3 is 5.97 Å². The summed E-state index contributed by atoms with van der Waals surface area (Å²) in [6.07, 6.45) is 19.7. The number of carbonyl (C=O) groups is 1. The van der Waals surface area contributed by atoms with Gasteiger partial charge < -0.3 is 9.84 Å². The fourth-order valence-corrected chi connectivity index (χ4v) is 2.20. The number of rotatable bonds is 12. The van der Waals surface area contributed by atoms with Crippen molar-refractivity contribution in [3.8, 4) is 0 Å². The van der Waals surface area contributed by atoms with Crippen molar-refractivity contribution in [2.75, 3.05) is 0 Å². The van der Waals surface area contributed by atoms with E-state index in [2.05, 4.69) is 37.3 Å². The molecule has 0 saturated carbocycles. The molecule has 3 heteroatoms. The van der Waals surface area contributed by atoms with Crippen LogP contribution in [0.2, 0.25) is 0 Å². The summed E-state index contributed by atoms with van der Waals surface area (Å²) in [4.78, 5) is 10.3. The van der Waals surface area contributed by atoms with Crippen LogP contribution >= 0.6 is 0 Å². The summed E-state index contributed by atoms with van der Waals surface area (Å²) >= 11 is 0. The normalized spacial score (nSPS) is 19.5. The number of hydrogen-bond donors (Lipinski definition) is 1. The Balaban J connectivity index is 1.94. The number of unbranched alkanes of at least 4 members (excludes halogenated alkanes) is 4. The Labute approximate surface area is 128 Å². The molecule has 1 aliphatic rings. The zero-order chi connectivity index (χ0) is 15.3. The molecule has 118 valence electrons.